The van der Waals surface area contributed by atoms with Gasteiger partial charge in [-0.3, -0.25) is 18.7 Å². The van der Waals surface area contributed by atoms with Gasteiger partial charge < -0.3 is 9.84 Å². The van der Waals surface area contributed by atoms with Gasteiger partial charge in [0.1, 0.15) is 10.7 Å². The molecular formula is C22H27NO5S. The van der Waals surface area contributed by atoms with Gasteiger partial charge in [0, 0.05) is 17.2 Å². The Balaban J connectivity index is 1.49. The predicted molar refractivity (Wildman–Crippen MR) is 109 cm³/mol. The number of nitrogens with zero attached hydrogens (tertiary/aromatic N) is 1. The number of amides is 2. The monoisotopic (exact) mass is 417 g/mol. The van der Waals surface area contributed by atoms with Crippen molar-refractivity contribution in [3.63, 3.8) is 0 Å². The normalized spacial score (nSPS) is 31.3. The molecule has 2 saturated carbocycles. The highest BCUT2D eigenvalue weighted by atomic mass is 32.2. The second-order valence-corrected chi connectivity index (χ2v) is 10.4. The first-order valence-electron chi connectivity index (χ1n) is 9.96. The summed E-state index contributed by atoms with van der Waals surface area (Å²) in [6, 6.07) is 7.13. The van der Waals surface area contributed by atoms with Crippen molar-refractivity contribution in [1.82, 2.24) is 4.90 Å². The molecule has 156 valence electrons. The molecule has 0 spiro atoms. The fourth-order valence-corrected chi connectivity index (χ4v) is 7.27. The maximum atomic E-state index is 13.2. The van der Waals surface area contributed by atoms with E-state index < -0.39 is 34.1 Å². The summed E-state index contributed by atoms with van der Waals surface area (Å²) < 4.78 is 18.3. The fraction of sp³-hybridized carbons (Fsp3) is 0.545. The molecule has 6 nitrogen and oxygen atoms in total. The van der Waals surface area contributed by atoms with Crippen LogP contribution in [0.5, 0.6) is 5.75 Å². The van der Waals surface area contributed by atoms with E-state index in [-0.39, 0.29) is 22.6 Å². The Morgan fingerprint density at radius 1 is 1.24 bits per heavy atom. The lowest BCUT2D eigenvalue weighted by molar-refractivity contribution is -0.137. The maximum absolute atomic E-state index is 13.2. The summed E-state index contributed by atoms with van der Waals surface area (Å²) in [6.07, 6.45) is 3.24. The molecule has 4 atom stereocenters. The minimum absolute atomic E-state index is 0.0521. The number of hydrogen-bond acceptors (Lipinski definition) is 5. The van der Waals surface area contributed by atoms with Gasteiger partial charge >= 0.3 is 0 Å². The summed E-state index contributed by atoms with van der Waals surface area (Å²) in [5, 5.41) is 10.7. The van der Waals surface area contributed by atoms with E-state index >= 15 is 0 Å². The Morgan fingerprint density at radius 3 is 2.48 bits per heavy atom. The first-order chi connectivity index (χ1) is 13.7. The van der Waals surface area contributed by atoms with Crippen molar-refractivity contribution in [1.29, 1.82) is 0 Å². The van der Waals surface area contributed by atoms with Gasteiger partial charge in [0.15, 0.2) is 0 Å². The van der Waals surface area contributed by atoms with Crippen molar-refractivity contribution in [2.75, 3.05) is 12.9 Å². The SMILES string of the molecule is COc1ccc(CN2C(=O)C=C([S@](=O)C[C@]34CC[C@H](C[C@H]3O)C4(C)C)C2=O)cc1. The molecule has 1 aromatic rings. The average molecular weight is 418 g/mol. The third-order valence-corrected chi connectivity index (χ3v) is 9.06. The van der Waals surface area contributed by atoms with Gasteiger partial charge in [0.25, 0.3) is 11.8 Å². The number of ether oxygens (including phenoxy) is 1. The number of benzene rings is 1. The van der Waals surface area contributed by atoms with Crippen LogP contribution >= 0.6 is 0 Å². The lowest BCUT2D eigenvalue weighted by Gasteiger charge is -2.40. The lowest BCUT2D eigenvalue weighted by Crippen LogP contribution is -2.43. The van der Waals surface area contributed by atoms with Crippen LogP contribution in [0.1, 0.15) is 38.7 Å². The number of carbonyl (C=O) groups excluding carboxylic acids is 2. The van der Waals surface area contributed by atoms with E-state index in [0.717, 1.165) is 29.7 Å². The van der Waals surface area contributed by atoms with Crippen LogP contribution in [-0.4, -0.2) is 45.0 Å². The van der Waals surface area contributed by atoms with Gasteiger partial charge in [0.05, 0.1) is 30.6 Å². The summed E-state index contributed by atoms with van der Waals surface area (Å²) in [5.74, 6) is 0.386. The lowest BCUT2D eigenvalue weighted by atomic mass is 9.70. The van der Waals surface area contributed by atoms with Crippen LogP contribution in [0.15, 0.2) is 35.2 Å². The molecule has 29 heavy (non-hydrogen) atoms. The topological polar surface area (TPSA) is 83.9 Å². The second kappa shape index (κ2) is 7.06. The van der Waals surface area contributed by atoms with Gasteiger partial charge in [-0.1, -0.05) is 26.0 Å². The zero-order valence-corrected chi connectivity index (χ0v) is 17.8. The fourth-order valence-electron chi connectivity index (χ4n) is 5.40. The van der Waals surface area contributed by atoms with Crippen molar-refractivity contribution < 1.29 is 23.6 Å². The van der Waals surface area contributed by atoms with Crippen molar-refractivity contribution >= 4 is 22.6 Å². The minimum atomic E-state index is -1.63. The van der Waals surface area contributed by atoms with Gasteiger partial charge in [-0.05, 0) is 48.3 Å². The summed E-state index contributed by atoms with van der Waals surface area (Å²) >= 11 is 0. The molecule has 0 aromatic heterocycles. The number of aliphatic hydroxyl groups excluding tert-OH is 1. The van der Waals surface area contributed by atoms with E-state index in [1.54, 1.807) is 31.4 Å². The first-order valence-corrected chi connectivity index (χ1v) is 11.3. The molecule has 2 fully saturated rings. The van der Waals surface area contributed by atoms with Gasteiger partial charge in [-0.15, -0.1) is 0 Å². The molecular weight excluding hydrogens is 390 g/mol. The van der Waals surface area contributed by atoms with Crippen LogP contribution < -0.4 is 4.74 Å². The number of methoxy groups -OCH3 is 1. The number of fused-ring (bicyclic) bond motifs is 2. The highest BCUT2D eigenvalue weighted by Crippen LogP contribution is 2.66. The maximum Gasteiger partial charge on any atom is 0.270 e. The van der Waals surface area contributed by atoms with E-state index in [9.17, 15) is 18.9 Å². The summed E-state index contributed by atoms with van der Waals surface area (Å²) in [5.41, 5.74) is 0.199. The van der Waals surface area contributed by atoms with Crippen molar-refractivity contribution in [2.24, 2.45) is 16.7 Å². The highest BCUT2D eigenvalue weighted by Gasteiger charge is 2.64. The molecule has 2 aliphatic carbocycles. The zero-order chi connectivity index (χ0) is 21.0. The molecule has 0 saturated heterocycles. The van der Waals surface area contributed by atoms with Crippen LogP contribution in [0.3, 0.4) is 0 Å². The van der Waals surface area contributed by atoms with Crippen LogP contribution in [0.25, 0.3) is 0 Å². The highest BCUT2D eigenvalue weighted by molar-refractivity contribution is 7.90. The molecule has 3 aliphatic rings. The smallest absolute Gasteiger partial charge is 0.270 e. The molecule has 1 heterocycles. The molecule has 1 aliphatic heterocycles. The summed E-state index contributed by atoms with van der Waals surface area (Å²) in [7, 11) is -0.0584. The van der Waals surface area contributed by atoms with E-state index in [1.807, 2.05) is 0 Å². The Morgan fingerprint density at radius 2 is 1.93 bits per heavy atom. The molecule has 0 unspecified atom stereocenters. The van der Waals surface area contributed by atoms with E-state index in [4.69, 9.17) is 4.74 Å². The number of aliphatic hydroxyl groups is 1. The average Bonchev–Trinajstić information content (AvgIpc) is 3.18. The van der Waals surface area contributed by atoms with Gasteiger partial charge in [-0.2, -0.15) is 0 Å². The number of hydrogen-bond donors (Lipinski definition) is 1. The van der Waals surface area contributed by atoms with Crippen molar-refractivity contribution in [3.8, 4) is 5.75 Å². The third kappa shape index (κ3) is 3.06. The molecule has 1 N–H and O–H groups in total. The predicted octanol–water partition coefficient (Wildman–Crippen LogP) is 2.38. The van der Waals surface area contributed by atoms with E-state index in [1.165, 1.54) is 6.08 Å². The first kappa shape index (κ1) is 20.3. The van der Waals surface area contributed by atoms with E-state index in [0.29, 0.717) is 11.7 Å². The second-order valence-electron chi connectivity index (χ2n) is 8.94. The Bertz CT molecular complexity index is 906. The standard InChI is InChI=1S/C22H27NO5S/c1-21(2)15-8-9-22(21,18(24)10-15)13-29(27)17-11-19(25)23(20(17)26)12-14-4-6-16(28-3)7-5-14/h4-7,11,15,18,24H,8-10,12-13H2,1-3H3/t15-,18-,22-,29-/m1/s1. The van der Waals surface area contributed by atoms with Crippen molar-refractivity contribution in [2.45, 2.75) is 45.8 Å². The van der Waals surface area contributed by atoms with Crippen LogP contribution in [-0.2, 0) is 26.9 Å². The molecule has 4 rings (SSSR count). The molecule has 0 radical (unpaired) electrons. The minimum Gasteiger partial charge on any atom is -0.497 e. The molecule has 2 amide bonds. The largest absolute Gasteiger partial charge is 0.497 e. The third-order valence-electron chi connectivity index (χ3n) is 7.50. The number of rotatable bonds is 6. The Hall–Kier alpha value is -1.99. The summed E-state index contributed by atoms with van der Waals surface area (Å²) in [4.78, 5) is 26.5. The number of carbonyl (C=O) groups is 2. The Labute approximate surface area is 173 Å². The molecule has 2 bridgehead atoms. The summed E-state index contributed by atoms with van der Waals surface area (Å²) in [6.45, 7) is 4.38. The number of imide groups is 1. The Kier molecular flexibility index (Phi) is 4.94. The van der Waals surface area contributed by atoms with Crippen LogP contribution in [0.2, 0.25) is 0 Å². The zero-order valence-electron chi connectivity index (χ0n) is 17.0. The van der Waals surface area contributed by atoms with E-state index in [2.05, 4.69) is 13.8 Å². The molecule has 7 heteroatoms. The van der Waals surface area contributed by atoms with Crippen molar-refractivity contribution in [3.05, 3.63) is 40.8 Å². The van der Waals surface area contributed by atoms with Crippen LogP contribution in [0, 0.1) is 16.7 Å². The molecule has 1 aromatic carbocycles. The van der Waals surface area contributed by atoms with Gasteiger partial charge in [0.2, 0.25) is 0 Å². The quantitative estimate of drug-likeness (QED) is 0.719. The van der Waals surface area contributed by atoms with Gasteiger partial charge in [-0.25, -0.2) is 0 Å². The van der Waals surface area contributed by atoms with Crippen LogP contribution in [0.4, 0.5) is 0 Å².